The van der Waals surface area contributed by atoms with Crippen LogP contribution in [0.15, 0.2) is 48.5 Å². The van der Waals surface area contributed by atoms with Crippen molar-refractivity contribution in [3.8, 4) is 0 Å². The SMILES string of the molecule is O=C(Nc1ccc(Cl)cc1)[C@H]1CCCN(Cc2ccc(Cl)cc2)C1. The lowest BCUT2D eigenvalue weighted by Gasteiger charge is -2.32. The van der Waals surface area contributed by atoms with Gasteiger partial charge in [0.25, 0.3) is 0 Å². The Balaban J connectivity index is 1.57. The molecule has 1 saturated heterocycles. The Hall–Kier alpha value is -1.55. The van der Waals surface area contributed by atoms with Crippen molar-refractivity contribution >= 4 is 34.8 Å². The van der Waals surface area contributed by atoms with E-state index in [0.717, 1.165) is 43.2 Å². The highest BCUT2D eigenvalue weighted by atomic mass is 35.5. The number of rotatable bonds is 4. The van der Waals surface area contributed by atoms with Crippen LogP contribution in [0, 0.1) is 5.92 Å². The predicted octanol–water partition coefficient (Wildman–Crippen LogP) is 4.84. The van der Waals surface area contributed by atoms with E-state index in [2.05, 4.69) is 10.2 Å². The summed E-state index contributed by atoms with van der Waals surface area (Å²) >= 11 is 11.8. The molecule has 1 fully saturated rings. The van der Waals surface area contributed by atoms with Crippen LogP contribution in [0.1, 0.15) is 18.4 Å². The van der Waals surface area contributed by atoms with Gasteiger partial charge < -0.3 is 5.32 Å². The fourth-order valence-electron chi connectivity index (χ4n) is 3.04. The van der Waals surface area contributed by atoms with Crippen LogP contribution in [0.3, 0.4) is 0 Å². The van der Waals surface area contributed by atoms with E-state index in [1.807, 2.05) is 36.4 Å². The number of carbonyl (C=O) groups is 1. The lowest BCUT2D eigenvalue weighted by molar-refractivity contribution is -0.121. The number of amides is 1. The normalized spacial score (nSPS) is 18.3. The molecule has 1 amide bonds. The Kier molecular flexibility index (Phi) is 5.77. The fraction of sp³-hybridized carbons (Fsp3) is 0.316. The lowest BCUT2D eigenvalue weighted by atomic mass is 9.96. The van der Waals surface area contributed by atoms with Crippen LogP contribution in [0.2, 0.25) is 10.0 Å². The third-order valence-corrected chi connectivity index (χ3v) is 4.81. The Morgan fingerprint density at radius 2 is 1.67 bits per heavy atom. The van der Waals surface area contributed by atoms with Crippen LogP contribution in [0.4, 0.5) is 5.69 Å². The van der Waals surface area contributed by atoms with E-state index >= 15 is 0 Å². The summed E-state index contributed by atoms with van der Waals surface area (Å²) in [5.74, 6) is 0.0971. The minimum absolute atomic E-state index is 0.0155. The molecular formula is C19H20Cl2N2O. The Morgan fingerprint density at radius 3 is 2.33 bits per heavy atom. The molecule has 0 unspecified atom stereocenters. The van der Waals surface area contributed by atoms with Gasteiger partial charge >= 0.3 is 0 Å². The number of carbonyl (C=O) groups excluding carboxylic acids is 1. The molecule has 0 bridgehead atoms. The highest BCUT2D eigenvalue weighted by Gasteiger charge is 2.25. The summed E-state index contributed by atoms with van der Waals surface area (Å²) < 4.78 is 0. The fourth-order valence-corrected chi connectivity index (χ4v) is 3.29. The molecule has 2 aromatic rings. The van der Waals surface area contributed by atoms with Crippen molar-refractivity contribution < 1.29 is 4.79 Å². The van der Waals surface area contributed by atoms with E-state index < -0.39 is 0 Å². The van der Waals surface area contributed by atoms with Crippen LogP contribution in [0.25, 0.3) is 0 Å². The quantitative estimate of drug-likeness (QED) is 0.843. The minimum atomic E-state index is 0.0155. The Morgan fingerprint density at radius 1 is 1.04 bits per heavy atom. The van der Waals surface area contributed by atoms with E-state index in [0.29, 0.717) is 5.02 Å². The highest BCUT2D eigenvalue weighted by Crippen LogP contribution is 2.21. The Labute approximate surface area is 152 Å². The van der Waals surface area contributed by atoms with E-state index in [1.165, 1.54) is 5.56 Å². The molecule has 1 atom stereocenters. The van der Waals surface area contributed by atoms with Crippen LogP contribution < -0.4 is 5.32 Å². The molecule has 1 N–H and O–H groups in total. The second-order valence-electron chi connectivity index (χ2n) is 6.20. The van der Waals surface area contributed by atoms with E-state index in [1.54, 1.807) is 12.1 Å². The third-order valence-electron chi connectivity index (χ3n) is 4.31. The molecule has 0 radical (unpaired) electrons. The van der Waals surface area contributed by atoms with Gasteiger partial charge in [-0.15, -0.1) is 0 Å². The zero-order valence-electron chi connectivity index (χ0n) is 13.3. The largest absolute Gasteiger partial charge is 0.326 e. The van der Waals surface area contributed by atoms with Gasteiger partial charge in [-0.1, -0.05) is 35.3 Å². The number of likely N-dealkylation sites (tertiary alicyclic amines) is 1. The first-order valence-electron chi connectivity index (χ1n) is 8.13. The van der Waals surface area contributed by atoms with Crippen molar-refractivity contribution in [1.82, 2.24) is 4.90 Å². The topological polar surface area (TPSA) is 32.3 Å². The maximum Gasteiger partial charge on any atom is 0.228 e. The third kappa shape index (κ3) is 4.73. The number of hydrogen-bond donors (Lipinski definition) is 1. The zero-order valence-corrected chi connectivity index (χ0v) is 14.9. The van der Waals surface area contributed by atoms with Crippen LogP contribution >= 0.6 is 23.2 Å². The molecule has 1 heterocycles. The molecule has 1 aliphatic heterocycles. The molecule has 24 heavy (non-hydrogen) atoms. The number of nitrogens with one attached hydrogen (secondary N) is 1. The second-order valence-corrected chi connectivity index (χ2v) is 7.07. The minimum Gasteiger partial charge on any atom is -0.326 e. The van der Waals surface area contributed by atoms with Crippen molar-refractivity contribution in [3.63, 3.8) is 0 Å². The van der Waals surface area contributed by atoms with Crippen molar-refractivity contribution in [2.45, 2.75) is 19.4 Å². The second kappa shape index (κ2) is 8.02. The van der Waals surface area contributed by atoms with Crippen molar-refractivity contribution in [3.05, 3.63) is 64.1 Å². The van der Waals surface area contributed by atoms with Gasteiger partial charge in [-0.2, -0.15) is 0 Å². The Bertz CT molecular complexity index is 686. The molecule has 126 valence electrons. The number of halogens is 2. The maximum absolute atomic E-state index is 12.5. The average molecular weight is 363 g/mol. The molecule has 5 heteroatoms. The number of nitrogens with zero attached hydrogens (tertiary/aromatic N) is 1. The van der Waals surface area contributed by atoms with Gasteiger partial charge in [-0.05, 0) is 61.3 Å². The summed E-state index contributed by atoms with van der Waals surface area (Å²) in [7, 11) is 0. The summed E-state index contributed by atoms with van der Waals surface area (Å²) in [6.07, 6.45) is 1.96. The van der Waals surface area contributed by atoms with Gasteiger partial charge in [0.2, 0.25) is 5.91 Å². The number of piperidine rings is 1. The van der Waals surface area contributed by atoms with Crippen LogP contribution in [-0.4, -0.2) is 23.9 Å². The first-order valence-corrected chi connectivity index (χ1v) is 8.89. The number of hydrogen-bond acceptors (Lipinski definition) is 2. The van der Waals surface area contributed by atoms with Crippen molar-refractivity contribution in [2.24, 2.45) is 5.92 Å². The van der Waals surface area contributed by atoms with E-state index in [-0.39, 0.29) is 11.8 Å². The molecule has 2 aromatic carbocycles. The predicted molar refractivity (Wildman–Crippen MR) is 99.5 cm³/mol. The monoisotopic (exact) mass is 362 g/mol. The molecule has 3 rings (SSSR count). The summed E-state index contributed by atoms with van der Waals surface area (Å²) in [6.45, 7) is 2.65. The first kappa shape index (κ1) is 17.3. The number of benzene rings is 2. The van der Waals surface area contributed by atoms with Gasteiger partial charge in [-0.3, -0.25) is 9.69 Å². The van der Waals surface area contributed by atoms with Crippen LogP contribution in [0.5, 0.6) is 0 Å². The number of anilines is 1. The molecule has 0 saturated carbocycles. The van der Waals surface area contributed by atoms with Gasteiger partial charge in [-0.25, -0.2) is 0 Å². The van der Waals surface area contributed by atoms with E-state index in [9.17, 15) is 4.79 Å². The van der Waals surface area contributed by atoms with Gasteiger partial charge in [0.15, 0.2) is 0 Å². The zero-order chi connectivity index (χ0) is 16.9. The molecular weight excluding hydrogens is 343 g/mol. The smallest absolute Gasteiger partial charge is 0.228 e. The molecule has 0 aromatic heterocycles. The molecule has 0 spiro atoms. The molecule has 3 nitrogen and oxygen atoms in total. The highest BCUT2D eigenvalue weighted by molar-refractivity contribution is 6.30. The summed E-state index contributed by atoms with van der Waals surface area (Å²) in [5, 5.41) is 4.40. The summed E-state index contributed by atoms with van der Waals surface area (Å²) in [6, 6.07) is 15.1. The van der Waals surface area contributed by atoms with Crippen molar-refractivity contribution in [1.29, 1.82) is 0 Å². The summed E-state index contributed by atoms with van der Waals surface area (Å²) in [5.41, 5.74) is 2.01. The van der Waals surface area contributed by atoms with Crippen molar-refractivity contribution in [2.75, 3.05) is 18.4 Å². The lowest BCUT2D eigenvalue weighted by Crippen LogP contribution is -2.40. The maximum atomic E-state index is 12.5. The molecule has 1 aliphatic rings. The standard InChI is InChI=1S/C19H20Cl2N2O/c20-16-5-3-14(4-6-16)12-23-11-1-2-15(13-23)19(24)22-18-9-7-17(21)8-10-18/h3-10,15H,1-2,11-13H2,(H,22,24)/t15-/m0/s1. The van der Waals surface area contributed by atoms with Crippen LogP contribution in [-0.2, 0) is 11.3 Å². The van der Waals surface area contributed by atoms with Gasteiger partial charge in [0.1, 0.15) is 0 Å². The van der Waals surface area contributed by atoms with Gasteiger partial charge in [0.05, 0.1) is 5.92 Å². The first-order chi connectivity index (χ1) is 11.6. The van der Waals surface area contributed by atoms with E-state index in [4.69, 9.17) is 23.2 Å². The average Bonchev–Trinajstić information content (AvgIpc) is 2.59. The summed E-state index contributed by atoms with van der Waals surface area (Å²) in [4.78, 5) is 14.8. The van der Waals surface area contributed by atoms with Gasteiger partial charge in [0, 0.05) is 28.8 Å². The molecule has 0 aliphatic carbocycles.